The molecule has 0 radical (unpaired) electrons. The van der Waals surface area contributed by atoms with Crippen LogP contribution < -0.4 is 5.32 Å². The van der Waals surface area contributed by atoms with Gasteiger partial charge in [0.2, 0.25) is 0 Å². The largest absolute Gasteiger partial charge is 0.367 e. The Hall–Kier alpha value is -1.68. The summed E-state index contributed by atoms with van der Waals surface area (Å²) < 4.78 is 0. The standard InChI is InChI=1S/C16H22N4/c1-20(2)16(9-5-6-10-16)12-18-15-11-17-13-7-3-4-8-14(13)19-15/h3-4,7-8,11H,5-6,9-10,12H2,1-2H3,(H,18,19). The number of hydrogen-bond donors (Lipinski definition) is 1. The van der Waals surface area contributed by atoms with Crippen molar-refractivity contribution in [2.24, 2.45) is 0 Å². The first-order chi connectivity index (χ1) is 9.70. The molecule has 1 fully saturated rings. The van der Waals surface area contributed by atoms with E-state index in [2.05, 4.69) is 34.3 Å². The predicted octanol–water partition coefficient (Wildman–Crippen LogP) is 2.92. The van der Waals surface area contributed by atoms with E-state index in [0.717, 1.165) is 23.4 Å². The Kier molecular flexibility index (Phi) is 3.57. The molecule has 0 bridgehead atoms. The first-order valence-corrected chi connectivity index (χ1v) is 7.33. The number of aromatic nitrogens is 2. The molecule has 20 heavy (non-hydrogen) atoms. The molecule has 0 spiro atoms. The third-order valence-corrected chi connectivity index (χ3v) is 4.53. The molecule has 1 N–H and O–H groups in total. The van der Waals surface area contributed by atoms with Crippen LogP contribution in [0, 0.1) is 0 Å². The van der Waals surface area contributed by atoms with Gasteiger partial charge < -0.3 is 10.2 Å². The van der Waals surface area contributed by atoms with E-state index in [4.69, 9.17) is 0 Å². The van der Waals surface area contributed by atoms with Crippen molar-refractivity contribution < 1.29 is 0 Å². The van der Waals surface area contributed by atoms with Crippen molar-refractivity contribution in [1.82, 2.24) is 14.9 Å². The molecule has 0 aliphatic heterocycles. The van der Waals surface area contributed by atoms with Crippen LogP contribution in [0.2, 0.25) is 0 Å². The van der Waals surface area contributed by atoms with Crippen LogP contribution in [0.25, 0.3) is 11.0 Å². The van der Waals surface area contributed by atoms with Crippen LogP contribution in [-0.4, -0.2) is 41.0 Å². The third kappa shape index (κ3) is 2.48. The highest BCUT2D eigenvalue weighted by Crippen LogP contribution is 2.33. The number of anilines is 1. The SMILES string of the molecule is CN(C)C1(CNc2cnc3ccccc3n2)CCCC1. The van der Waals surface area contributed by atoms with Crippen molar-refractivity contribution in [2.45, 2.75) is 31.2 Å². The fourth-order valence-corrected chi connectivity index (χ4v) is 3.11. The Bertz CT molecular complexity index is 588. The average molecular weight is 270 g/mol. The Morgan fingerprint density at radius 2 is 1.85 bits per heavy atom. The lowest BCUT2D eigenvalue weighted by atomic mass is 9.96. The summed E-state index contributed by atoms with van der Waals surface area (Å²) in [4.78, 5) is 11.5. The monoisotopic (exact) mass is 270 g/mol. The minimum absolute atomic E-state index is 0.271. The summed E-state index contributed by atoms with van der Waals surface area (Å²) in [6, 6.07) is 7.98. The summed E-state index contributed by atoms with van der Waals surface area (Å²) >= 11 is 0. The van der Waals surface area contributed by atoms with E-state index in [0.29, 0.717) is 0 Å². The van der Waals surface area contributed by atoms with Gasteiger partial charge in [-0.2, -0.15) is 0 Å². The quantitative estimate of drug-likeness (QED) is 0.927. The molecule has 1 aliphatic rings. The van der Waals surface area contributed by atoms with E-state index in [9.17, 15) is 0 Å². The molecule has 0 unspecified atom stereocenters. The number of hydrogen-bond acceptors (Lipinski definition) is 4. The van der Waals surface area contributed by atoms with Crippen molar-refractivity contribution in [2.75, 3.05) is 26.0 Å². The Morgan fingerprint density at radius 1 is 1.15 bits per heavy atom. The number of para-hydroxylation sites is 2. The molecule has 4 heteroatoms. The molecule has 0 amide bonds. The Labute approximate surface area is 120 Å². The second-order valence-corrected chi connectivity index (χ2v) is 5.92. The van der Waals surface area contributed by atoms with Crippen molar-refractivity contribution in [1.29, 1.82) is 0 Å². The van der Waals surface area contributed by atoms with Crippen LogP contribution in [0.1, 0.15) is 25.7 Å². The minimum Gasteiger partial charge on any atom is -0.367 e. The zero-order valence-electron chi connectivity index (χ0n) is 12.3. The molecule has 3 rings (SSSR count). The van der Waals surface area contributed by atoms with Gasteiger partial charge in [-0.25, -0.2) is 4.98 Å². The van der Waals surface area contributed by atoms with Gasteiger partial charge in [-0.1, -0.05) is 25.0 Å². The van der Waals surface area contributed by atoms with Crippen molar-refractivity contribution in [3.63, 3.8) is 0 Å². The van der Waals surface area contributed by atoms with E-state index < -0.39 is 0 Å². The zero-order valence-corrected chi connectivity index (χ0v) is 12.3. The highest BCUT2D eigenvalue weighted by atomic mass is 15.2. The van der Waals surface area contributed by atoms with Crippen LogP contribution in [0.3, 0.4) is 0 Å². The second-order valence-electron chi connectivity index (χ2n) is 5.92. The molecule has 1 aliphatic carbocycles. The lowest BCUT2D eigenvalue weighted by molar-refractivity contribution is 0.172. The molecule has 1 aromatic carbocycles. The minimum atomic E-state index is 0.271. The molecule has 4 nitrogen and oxygen atoms in total. The molecular formula is C16H22N4. The maximum Gasteiger partial charge on any atom is 0.145 e. The van der Waals surface area contributed by atoms with Crippen molar-refractivity contribution in [3.8, 4) is 0 Å². The number of nitrogens with zero attached hydrogens (tertiary/aromatic N) is 3. The van der Waals surface area contributed by atoms with Crippen LogP contribution in [0.15, 0.2) is 30.5 Å². The summed E-state index contributed by atoms with van der Waals surface area (Å²) in [6.07, 6.45) is 7.00. The maximum atomic E-state index is 4.63. The fourth-order valence-electron chi connectivity index (χ4n) is 3.11. The zero-order chi connectivity index (χ0) is 14.0. The van der Waals surface area contributed by atoms with E-state index in [1.165, 1.54) is 25.7 Å². The normalized spacial score (nSPS) is 17.8. The molecule has 0 saturated heterocycles. The van der Waals surface area contributed by atoms with E-state index in [1.54, 1.807) is 0 Å². The summed E-state index contributed by atoms with van der Waals surface area (Å²) in [5.74, 6) is 0.872. The van der Waals surface area contributed by atoms with Gasteiger partial charge in [-0.15, -0.1) is 0 Å². The van der Waals surface area contributed by atoms with E-state index in [1.807, 2.05) is 30.5 Å². The summed E-state index contributed by atoms with van der Waals surface area (Å²) in [5.41, 5.74) is 2.16. The van der Waals surface area contributed by atoms with Gasteiger partial charge in [-0.3, -0.25) is 4.98 Å². The molecule has 106 valence electrons. The summed E-state index contributed by atoms with van der Waals surface area (Å²) in [6.45, 7) is 0.938. The average Bonchev–Trinajstić information content (AvgIpc) is 2.95. The van der Waals surface area contributed by atoms with Gasteiger partial charge in [0.25, 0.3) is 0 Å². The van der Waals surface area contributed by atoms with Gasteiger partial charge in [0, 0.05) is 12.1 Å². The highest BCUT2D eigenvalue weighted by Gasteiger charge is 2.35. The lowest BCUT2D eigenvalue weighted by Crippen LogP contribution is -2.47. The lowest BCUT2D eigenvalue weighted by Gasteiger charge is -2.36. The topological polar surface area (TPSA) is 41.0 Å². The van der Waals surface area contributed by atoms with Crippen LogP contribution >= 0.6 is 0 Å². The Morgan fingerprint density at radius 3 is 2.55 bits per heavy atom. The summed E-state index contributed by atoms with van der Waals surface area (Å²) in [7, 11) is 4.36. The van der Waals surface area contributed by atoms with Gasteiger partial charge in [0.1, 0.15) is 5.82 Å². The number of fused-ring (bicyclic) bond motifs is 1. The van der Waals surface area contributed by atoms with Crippen LogP contribution in [0.5, 0.6) is 0 Å². The van der Waals surface area contributed by atoms with Crippen LogP contribution in [-0.2, 0) is 0 Å². The van der Waals surface area contributed by atoms with E-state index in [-0.39, 0.29) is 5.54 Å². The van der Waals surface area contributed by atoms with Crippen molar-refractivity contribution in [3.05, 3.63) is 30.5 Å². The predicted molar refractivity (Wildman–Crippen MR) is 82.9 cm³/mol. The number of nitrogens with one attached hydrogen (secondary N) is 1. The highest BCUT2D eigenvalue weighted by molar-refractivity contribution is 5.75. The maximum absolute atomic E-state index is 4.63. The smallest absolute Gasteiger partial charge is 0.145 e. The molecule has 1 aromatic heterocycles. The Balaban J connectivity index is 1.76. The van der Waals surface area contributed by atoms with Gasteiger partial charge >= 0.3 is 0 Å². The van der Waals surface area contributed by atoms with Crippen LogP contribution in [0.4, 0.5) is 5.82 Å². The summed E-state index contributed by atoms with van der Waals surface area (Å²) in [5, 5.41) is 3.49. The molecule has 1 heterocycles. The fraction of sp³-hybridized carbons (Fsp3) is 0.500. The van der Waals surface area contributed by atoms with Crippen molar-refractivity contribution >= 4 is 16.9 Å². The first-order valence-electron chi connectivity index (χ1n) is 7.33. The molecular weight excluding hydrogens is 248 g/mol. The van der Waals surface area contributed by atoms with Gasteiger partial charge in [0.05, 0.1) is 17.2 Å². The van der Waals surface area contributed by atoms with Gasteiger partial charge in [0.15, 0.2) is 0 Å². The second kappa shape index (κ2) is 5.37. The van der Waals surface area contributed by atoms with E-state index >= 15 is 0 Å². The number of benzene rings is 1. The number of rotatable bonds is 4. The molecule has 1 saturated carbocycles. The number of likely N-dealkylation sites (N-methyl/N-ethyl adjacent to an activating group) is 1. The van der Waals surface area contributed by atoms with Gasteiger partial charge in [-0.05, 0) is 39.1 Å². The molecule has 0 atom stereocenters. The first kappa shape index (κ1) is 13.3. The molecule has 2 aromatic rings. The third-order valence-electron chi connectivity index (χ3n) is 4.53.